The van der Waals surface area contributed by atoms with Gasteiger partial charge in [-0.1, -0.05) is 5.16 Å². The molecule has 2 rings (SSSR count). The number of nitrogens with zero attached hydrogens (tertiary/aromatic N) is 1. The molecule has 0 saturated carbocycles. The predicted octanol–water partition coefficient (Wildman–Crippen LogP) is 2.94. The lowest BCUT2D eigenvalue weighted by Crippen LogP contribution is -2.39. The van der Waals surface area contributed by atoms with Gasteiger partial charge in [0.1, 0.15) is 11.5 Å². The van der Waals surface area contributed by atoms with Gasteiger partial charge >= 0.3 is 0 Å². The summed E-state index contributed by atoms with van der Waals surface area (Å²) in [5.74, 6) is 0.806. The van der Waals surface area contributed by atoms with Gasteiger partial charge in [0.15, 0.2) is 0 Å². The second kappa shape index (κ2) is 8.68. The fraction of sp³-hybridized carbons (Fsp3) is 0.421. The average Bonchev–Trinajstić information content (AvgIpc) is 2.93. The van der Waals surface area contributed by atoms with E-state index in [2.05, 4.69) is 21.1 Å². The van der Waals surface area contributed by atoms with Crippen LogP contribution in [0.5, 0.6) is 5.75 Å². The first-order chi connectivity index (χ1) is 12.7. The molecule has 2 amide bonds. The zero-order chi connectivity index (χ0) is 20.1. The molecule has 0 spiro atoms. The van der Waals surface area contributed by atoms with Gasteiger partial charge in [0, 0.05) is 24.2 Å². The number of rotatable bonds is 7. The largest absolute Gasteiger partial charge is 0.495 e. The Balaban J connectivity index is 2.10. The Bertz CT molecular complexity index is 812. The van der Waals surface area contributed by atoms with E-state index in [0.29, 0.717) is 17.1 Å². The zero-order valence-corrected chi connectivity index (χ0v) is 16.5. The molecule has 0 aliphatic heterocycles. The third-order valence-electron chi connectivity index (χ3n) is 4.19. The quantitative estimate of drug-likeness (QED) is 0.688. The third-order valence-corrected chi connectivity index (χ3v) is 4.19. The normalized spacial score (nSPS) is 13.0. The van der Waals surface area contributed by atoms with Crippen molar-refractivity contribution in [2.45, 2.75) is 46.7 Å². The molecule has 0 fully saturated rings. The molecule has 1 heterocycles. The van der Waals surface area contributed by atoms with E-state index in [9.17, 15) is 9.59 Å². The van der Waals surface area contributed by atoms with Gasteiger partial charge < -0.3 is 19.9 Å². The minimum Gasteiger partial charge on any atom is -0.495 e. The number of hydrogen-bond donors (Lipinski definition) is 3. The molecule has 0 radical (unpaired) electrons. The van der Waals surface area contributed by atoms with Crippen molar-refractivity contribution in [3.63, 3.8) is 0 Å². The summed E-state index contributed by atoms with van der Waals surface area (Å²) < 4.78 is 10.5. The standard InChI is InChI=1S/C19H26N4O4/c1-10(18-11(2)23-27-13(18)4)20-12(3)19(25)22-16-9-15(21-14(5)24)7-8-17(16)26-6/h7-10,12,20H,1-6H3,(H,21,24)(H,22,25). The molecule has 0 aliphatic rings. The van der Waals surface area contributed by atoms with Crippen molar-refractivity contribution < 1.29 is 18.8 Å². The highest BCUT2D eigenvalue weighted by Crippen LogP contribution is 2.28. The summed E-state index contributed by atoms with van der Waals surface area (Å²) in [6, 6.07) is 4.46. The molecule has 146 valence electrons. The fourth-order valence-electron chi connectivity index (χ4n) is 2.97. The number of aryl methyl sites for hydroxylation is 2. The number of carbonyl (C=O) groups is 2. The van der Waals surface area contributed by atoms with Gasteiger partial charge in [0.05, 0.1) is 24.5 Å². The van der Waals surface area contributed by atoms with Crippen LogP contribution in [0.2, 0.25) is 0 Å². The first-order valence-corrected chi connectivity index (χ1v) is 8.68. The van der Waals surface area contributed by atoms with Crippen LogP contribution < -0.4 is 20.7 Å². The molecule has 27 heavy (non-hydrogen) atoms. The predicted molar refractivity (Wildman–Crippen MR) is 103 cm³/mol. The van der Waals surface area contributed by atoms with E-state index in [-0.39, 0.29) is 17.9 Å². The monoisotopic (exact) mass is 374 g/mol. The van der Waals surface area contributed by atoms with Crippen molar-refractivity contribution in [3.05, 3.63) is 35.2 Å². The molecule has 8 nitrogen and oxygen atoms in total. The summed E-state index contributed by atoms with van der Waals surface area (Å²) in [6.07, 6.45) is 0. The minimum absolute atomic E-state index is 0.107. The van der Waals surface area contributed by atoms with Crippen molar-refractivity contribution in [3.8, 4) is 5.75 Å². The summed E-state index contributed by atoms with van der Waals surface area (Å²) in [7, 11) is 1.52. The van der Waals surface area contributed by atoms with Crippen molar-refractivity contribution >= 4 is 23.2 Å². The van der Waals surface area contributed by atoms with Gasteiger partial charge in [0.2, 0.25) is 11.8 Å². The fourth-order valence-corrected chi connectivity index (χ4v) is 2.97. The Morgan fingerprint density at radius 3 is 2.44 bits per heavy atom. The summed E-state index contributed by atoms with van der Waals surface area (Å²) in [5, 5.41) is 12.7. The number of ether oxygens (including phenoxy) is 1. The Morgan fingerprint density at radius 1 is 1.19 bits per heavy atom. The van der Waals surface area contributed by atoms with Crippen LogP contribution in [0.1, 0.15) is 43.8 Å². The van der Waals surface area contributed by atoms with Gasteiger partial charge in [0.25, 0.3) is 0 Å². The third kappa shape index (κ3) is 5.07. The van der Waals surface area contributed by atoms with Gasteiger partial charge in [-0.15, -0.1) is 0 Å². The highest BCUT2D eigenvalue weighted by molar-refractivity contribution is 5.97. The number of hydrogen-bond acceptors (Lipinski definition) is 6. The van der Waals surface area contributed by atoms with E-state index in [1.54, 1.807) is 25.1 Å². The maximum atomic E-state index is 12.6. The van der Waals surface area contributed by atoms with E-state index in [4.69, 9.17) is 9.26 Å². The number of amides is 2. The minimum atomic E-state index is -0.483. The Labute approximate surface area is 158 Å². The Kier molecular flexibility index (Phi) is 6.57. The van der Waals surface area contributed by atoms with Crippen LogP contribution in [-0.4, -0.2) is 30.1 Å². The van der Waals surface area contributed by atoms with Crippen molar-refractivity contribution in [2.75, 3.05) is 17.7 Å². The summed E-state index contributed by atoms with van der Waals surface area (Å²) in [5.41, 5.74) is 2.79. The number of nitrogens with one attached hydrogen (secondary N) is 3. The van der Waals surface area contributed by atoms with Crippen LogP contribution in [-0.2, 0) is 9.59 Å². The molecule has 0 aliphatic carbocycles. The number of aromatic nitrogens is 1. The number of anilines is 2. The van der Waals surface area contributed by atoms with Crippen molar-refractivity contribution in [1.29, 1.82) is 0 Å². The van der Waals surface area contributed by atoms with Crippen molar-refractivity contribution in [2.24, 2.45) is 0 Å². The maximum Gasteiger partial charge on any atom is 0.241 e. The zero-order valence-electron chi connectivity index (χ0n) is 16.5. The second-order valence-electron chi connectivity index (χ2n) is 6.43. The smallest absolute Gasteiger partial charge is 0.241 e. The first-order valence-electron chi connectivity index (χ1n) is 8.68. The van der Waals surface area contributed by atoms with Gasteiger partial charge in [-0.25, -0.2) is 0 Å². The maximum absolute atomic E-state index is 12.6. The molecule has 2 unspecified atom stereocenters. The summed E-state index contributed by atoms with van der Waals surface area (Å²) >= 11 is 0. The lowest BCUT2D eigenvalue weighted by molar-refractivity contribution is -0.118. The molecule has 8 heteroatoms. The molecule has 1 aromatic heterocycles. The highest BCUT2D eigenvalue weighted by atomic mass is 16.5. The number of carbonyl (C=O) groups excluding carboxylic acids is 2. The van der Waals surface area contributed by atoms with Crippen LogP contribution in [0.15, 0.2) is 22.7 Å². The van der Waals surface area contributed by atoms with Crippen LogP contribution in [0.3, 0.4) is 0 Å². The molecule has 2 aromatic rings. The topological polar surface area (TPSA) is 105 Å². The second-order valence-corrected chi connectivity index (χ2v) is 6.43. The van der Waals surface area contributed by atoms with Gasteiger partial charge in [-0.3, -0.25) is 14.9 Å². The lowest BCUT2D eigenvalue weighted by atomic mass is 10.1. The van der Waals surface area contributed by atoms with E-state index < -0.39 is 6.04 Å². The molecule has 0 bridgehead atoms. The number of methoxy groups -OCH3 is 1. The molecule has 0 saturated heterocycles. The van der Waals surface area contributed by atoms with E-state index >= 15 is 0 Å². The van der Waals surface area contributed by atoms with E-state index in [1.807, 2.05) is 20.8 Å². The van der Waals surface area contributed by atoms with Crippen LogP contribution in [0.25, 0.3) is 0 Å². The average molecular weight is 374 g/mol. The van der Waals surface area contributed by atoms with Gasteiger partial charge in [-0.05, 0) is 45.9 Å². The van der Waals surface area contributed by atoms with Crippen molar-refractivity contribution in [1.82, 2.24) is 10.5 Å². The number of benzene rings is 1. The molecular formula is C19H26N4O4. The van der Waals surface area contributed by atoms with Gasteiger partial charge in [-0.2, -0.15) is 0 Å². The Hall–Kier alpha value is -2.87. The molecule has 3 N–H and O–H groups in total. The van der Waals surface area contributed by atoms with E-state index in [0.717, 1.165) is 17.0 Å². The SMILES string of the molecule is COc1ccc(NC(C)=O)cc1NC(=O)C(C)NC(C)c1c(C)noc1C. The molecule has 1 aromatic carbocycles. The summed E-state index contributed by atoms with van der Waals surface area (Å²) in [4.78, 5) is 23.9. The van der Waals surface area contributed by atoms with Crippen LogP contribution in [0.4, 0.5) is 11.4 Å². The lowest BCUT2D eigenvalue weighted by Gasteiger charge is -2.20. The highest BCUT2D eigenvalue weighted by Gasteiger charge is 2.22. The van der Waals surface area contributed by atoms with E-state index in [1.165, 1.54) is 14.0 Å². The summed E-state index contributed by atoms with van der Waals surface area (Å²) in [6.45, 7) is 8.86. The Morgan fingerprint density at radius 2 is 1.89 bits per heavy atom. The first kappa shape index (κ1) is 20.4. The molecule has 2 atom stereocenters. The van der Waals surface area contributed by atoms with Crippen LogP contribution in [0, 0.1) is 13.8 Å². The van der Waals surface area contributed by atoms with Crippen LogP contribution >= 0.6 is 0 Å². The molecular weight excluding hydrogens is 348 g/mol.